The summed E-state index contributed by atoms with van der Waals surface area (Å²) in [5.41, 5.74) is 10.7. The highest BCUT2D eigenvalue weighted by atomic mass is 35.5. The van der Waals surface area contributed by atoms with E-state index in [-0.39, 0.29) is 69.9 Å². The number of primary amides is 1. The Kier molecular flexibility index (Phi) is 28.1. The van der Waals surface area contributed by atoms with Crippen molar-refractivity contribution in [2.45, 2.75) is 67.7 Å². The molecular weight excluding hydrogens is 567 g/mol. The first-order valence-corrected chi connectivity index (χ1v) is 11.0. The van der Waals surface area contributed by atoms with Crippen LogP contribution in [-0.4, -0.2) is 163 Å². The Labute approximate surface area is 234 Å². The fourth-order valence-electron chi connectivity index (χ4n) is 3.22. The Bertz CT molecular complexity index is 535. The number of nitrogens with two attached hydrogens (primary N) is 2. The van der Waals surface area contributed by atoms with Crippen LogP contribution in [0.15, 0.2) is 0 Å². The monoisotopic (exact) mass is 610 g/mol. The summed E-state index contributed by atoms with van der Waals surface area (Å²) in [5.74, 6) is -0.591. The summed E-state index contributed by atoms with van der Waals surface area (Å²) < 4.78 is 0. The third-order valence-electron chi connectivity index (χ3n) is 5.38. The van der Waals surface area contributed by atoms with E-state index in [1.165, 1.54) is 4.90 Å². The molecule has 0 aromatic carbocycles. The molecule has 0 heterocycles. The minimum absolute atomic E-state index is 0. The van der Waals surface area contributed by atoms with Gasteiger partial charge in [0.1, 0.15) is 36.6 Å². The van der Waals surface area contributed by atoms with E-state index in [2.05, 4.69) is 5.32 Å². The molecule has 0 aliphatic heterocycles. The Morgan fingerprint density at radius 1 is 0.730 bits per heavy atom. The van der Waals surface area contributed by atoms with Crippen LogP contribution in [0, 0.1) is 0 Å². The maximum absolute atomic E-state index is 11.4. The lowest BCUT2D eigenvalue weighted by atomic mass is 10.0. The van der Waals surface area contributed by atoms with Gasteiger partial charge in [0, 0.05) is 13.1 Å². The number of carbonyl (C=O) groups is 1. The molecule has 1 amide bonds. The molecular formula is C19H45Cl3N4O11. The lowest BCUT2D eigenvalue weighted by Gasteiger charge is -2.33. The van der Waals surface area contributed by atoms with Gasteiger partial charge in [-0.3, -0.25) is 9.69 Å². The van der Waals surface area contributed by atoms with Crippen molar-refractivity contribution in [1.82, 2.24) is 10.2 Å². The van der Waals surface area contributed by atoms with E-state index in [0.717, 1.165) is 0 Å². The van der Waals surface area contributed by atoms with Gasteiger partial charge < -0.3 is 67.8 Å². The highest BCUT2D eigenvalue weighted by Crippen LogP contribution is 2.11. The lowest BCUT2D eigenvalue weighted by molar-refractivity contribution is -0.130. The van der Waals surface area contributed by atoms with Gasteiger partial charge >= 0.3 is 0 Å². The highest BCUT2D eigenvalue weighted by Gasteiger charge is 2.34. The molecule has 0 saturated carbocycles. The molecule has 0 aromatic rings. The first kappa shape index (κ1) is 43.9. The molecule has 0 fully saturated rings. The standard InChI is InChI=1S/C19H42N4O11.3ClH/c20-3-2-10(19(21)34)22-4-1-5-23(6-11(26)15(30)17(32)13(28)8-24)7-12(27)16(31)18(33)14(29)9-25;;;/h10-18,22,24-33H,1-9,20H2,(H2,21,34);3*1H. The molecule has 0 aliphatic rings. The van der Waals surface area contributed by atoms with E-state index < -0.39 is 74.0 Å². The lowest BCUT2D eigenvalue weighted by Crippen LogP contribution is -2.53. The van der Waals surface area contributed by atoms with Crippen molar-refractivity contribution in [2.75, 3.05) is 45.9 Å². The second-order valence-corrected chi connectivity index (χ2v) is 8.20. The van der Waals surface area contributed by atoms with Gasteiger partial charge in [-0.25, -0.2) is 0 Å². The molecule has 0 rings (SSSR count). The molecule has 0 saturated heterocycles. The quantitative estimate of drug-likeness (QED) is 0.0570. The molecule has 9 unspecified atom stereocenters. The maximum atomic E-state index is 11.4. The van der Waals surface area contributed by atoms with E-state index in [1.54, 1.807) is 0 Å². The largest absolute Gasteiger partial charge is 0.394 e. The molecule has 0 bridgehead atoms. The first-order chi connectivity index (χ1) is 15.9. The van der Waals surface area contributed by atoms with Crippen molar-refractivity contribution in [3.8, 4) is 0 Å². The molecule has 0 aliphatic carbocycles. The second kappa shape index (κ2) is 23.7. The van der Waals surface area contributed by atoms with Gasteiger partial charge in [-0.2, -0.15) is 0 Å². The molecule has 0 aromatic heterocycles. The molecule has 15 nitrogen and oxygen atoms in total. The van der Waals surface area contributed by atoms with Gasteiger partial charge in [0.15, 0.2) is 0 Å². The Balaban J connectivity index is -0.00000181. The molecule has 15 N–H and O–H groups in total. The van der Waals surface area contributed by atoms with Crippen LogP contribution in [0.2, 0.25) is 0 Å². The number of hydrogen-bond acceptors (Lipinski definition) is 14. The zero-order valence-electron chi connectivity index (χ0n) is 20.3. The minimum Gasteiger partial charge on any atom is -0.394 e. The number of nitrogens with one attached hydrogen (secondary N) is 1. The number of hydrogen-bond donors (Lipinski definition) is 13. The van der Waals surface area contributed by atoms with Crippen LogP contribution in [0.4, 0.5) is 0 Å². The summed E-state index contributed by atoms with van der Waals surface area (Å²) in [6, 6.07) is -0.663. The van der Waals surface area contributed by atoms with Crippen LogP contribution in [0.5, 0.6) is 0 Å². The summed E-state index contributed by atoms with van der Waals surface area (Å²) in [5, 5.41) is 99.9. The van der Waals surface area contributed by atoms with Crippen LogP contribution in [-0.2, 0) is 4.79 Å². The Hall–Kier alpha value is -0.180. The summed E-state index contributed by atoms with van der Waals surface area (Å²) in [7, 11) is 0. The first-order valence-electron chi connectivity index (χ1n) is 11.0. The van der Waals surface area contributed by atoms with E-state index in [4.69, 9.17) is 21.7 Å². The minimum atomic E-state index is -1.87. The number of aliphatic hydroxyl groups excluding tert-OH is 10. The fraction of sp³-hybridized carbons (Fsp3) is 0.947. The molecule has 0 radical (unpaired) electrons. The average molecular weight is 612 g/mol. The zero-order valence-corrected chi connectivity index (χ0v) is 22.7. The summed E-state index contributed by atoms with van der Waals surface area (Å²) in [6.45, 7) is -1.86. The summed E-state index contributed by atoms with van der Waals surface area (Å²) >= 11 is 0. The molecule has 0 spiro atoms. The molecule has 37 heavy (non-hydrogen) atoms. The second-order valence-electron chi connectivity index (χ2n) is 8.20. The number of carbonyl (C=O) groups excluding carboxylic acids is 1. The third-order valence-corrected chi connectivity index (χ3v) is 5.38. The predicted octanol–water partition coefficient (Wildman–Crippen LogP) is -6.39. The van der Waals surface area contributed by atoms with Crippen molar-refractivity contribution < 1.29 is 55.9 Å². The van der Waals surface area contributed by atoms with Gasteiger partial charge in [0.05, 0.1) is 31.5 Å². The topological polar surface area (TPSA) is 287 Å². The number of amides is 1. The van der Waals surface area contributed by atoms with E-state index in [0.29, 0.717) is 12.8 Å². The summed E-state index contributed by atoms with van der Waals surface area (Å²) in [4.78, 5) is 12.8. The van der Waals surface area contributed by atoms with Crippen molar-refractivity contribution in [1.29, 1.82) is 0 Å². The van der Waals surface area contributed by atoms with E-state index in [9.17, 15) is 45.6 Å². The number of rotatable bonds is 20. The van der Waals surface area contributed by atoms with Gasteiger partial charge in [0.2, 0.25) is 5.91 Å². The smallest absolute Gasteiger partial charge is 0.234 e. The maximum Gasteiger partial charge on any atom is 0.234 e. The van der Waals surface area contributed by atoms with Gasteiger partial charge in [-0.05, 0) is 32.5 Å². The van der Waals surface area contributed by atoms with Crippen molar-refractivity contribution in [3.05, 3.63) is 0 Å². The highest BCUT2D eigenvalue weighted by molar-refractivity contribution is 5.86. The van der Waals surface area contributed by atoms with Crippen LogP contribution >= 0.6 is 37.2 Å². The van der Waals surface area contributed by atoms with Crippen molar-refractivity contribution in [3.63, 3.8) is 0 Å². The normalized spacial score (nSPS) is 18.6. The van der Waals surface area contributed by atoms with Crippen molar-refractivity contribution >= 4 is 43.1 Å². The number of halogens is 3. The van der Waals surface area contributed by atoms with Crippen LogP contribution in [0.1, 0.15) is 12.8 Å². The SMILES string of the molecule is Cl.Cl.Cl.NCCC(NCCCN(CC(O)C(O)C(O)C(O)CO)CC(O)C(O)C(O)C(O)CO)C(N)=O. The van der Waals surface area contributed by atoms with Crippen LogP contribution in [0.3, 0.4) is 0 Å². The molecule has 18 heteroatoms. The summed E-state index contributed by atoms with van der Waals surface area (Å²) in [6.07, 6.45) is -13.6. The van der Waals surface area contributed by atoms with Gasteiger partial charge in [-0.15, -0.1) is 37.2 Å². The van der Waals surface area contributed by atoms with Gasteiger partial charge in [0.25, 0.3) is 0 Å². The molecule has 9 atom stereocenters. The fourth-order valence-corrected chi connectivity index (χ4v) is 3.22. The van der Waals surface area contributed by atoms with Crippen LogP contribution in [0.25, 0.3) is 0 Å². The Morgan fingerprint density at radius 3 is 1.43 bits per heavy atom. The van der Waals surface area contributed by atoms with E-state index in [1.807, 2.05) is 0 Å². The number of nitrogens with zero attached hydrogens (tertiary/aromatic N) is 1. The molecule has 228 valence electrons. The average Bonchev–Trinajstić information content (AvgIpc) is 2.82. The van der Waals surface area contributed by atoms with E-state index >= 15 is 0 Å². The van der Waals surface area contributed by atoms with Gasteiger partial charge in [-0.1, -0.05) is 0 Å². The van der Waals surface area contributed by atoms with Crippen LogP contribution < -0.4 is 16.8 Å². The predicted molar refractivity (Wildman–Crippen MR) is 140 cm³/mol. The number of aliphatic hydroxyl groups is 10. The van der Waals surface area contributed by atoms with Crippen molar-refractivity contribution in [2.24, 2.45) is 11.5 Å². The third kappa shape index (κ3) is 16.5. The zero-order chi connectivity index (χ0) is 26.4. The Morgan fingerprint density at radius 2 is 1.11 bits per heavy atom.